The van der Waals surface area contributed by atoms with Gasteiger partial charge in [-0.2, -0.15) is 0 Å². The predicted molar refractivity (Wildman–Crippen MR) is 112 cm³/mol. The van der Waals surface area contributed by atoms with E-state index in [0.29, 0.717) is 16.6 Å². The van der Waals surface area contributed by atoms with Gasteiger partial charge in [-0.1, -0.05) is 6.07 Å². The van der Waals surface area contributed by atoms with E-state index in [1.54, 1.807) is 24.4 Å². The number of nitrogens with zero attached hydrogens (tertiary/aromatic N) is 1. The third-order valence-corrected chi connectivity index (χ3v) is 5.42. The van der Waals surface area contributed by atoms with Crippen LogP contribution in [0.2, 0.25) is 0 Å². The molecule has 0 unspecified atom stereocenters. The van der Waals surface area contributed by atoms with Crippen LogP contribution in [0.15, 0.2) is 48.8 Å². The number of pyridine rings is 1. The monoisotopic (exact) mass is 432 g/mol. The number of amides is 2. The van der Waals surface area contributed by atoms with E-state index in [4.69, 9.17) is 5.73 Å². The fourth-order valence-electron chi connectivity index (χ4n) is 3.84. The molecule has 158 valence electrons. The van der Waals surface area contributed by atoms with Crippen LogP contribution in [0, 0.1) is 11.6 Å². The minimum atomic E-state index is -1.31. The highest BCUT2D eigenvalue weighted by molar-refractivity contribution is 6.17. The number of aromatic amines is 1. The Bertz CT molecular complexity index is 1480. The first-order valence-corrected chi connectivity index (χ1v) is 9.56. The summed E-state index contributed by atoms with van der Waals surface area (Å²) in [5.41, 5.74) is 7.02. The first-order chi connectivity index (χ1) is 15.3. The molecule has 1 aliphatic heterocycles. The molecule has 0 fully saturated rings. The molecule has 4 N–H and O–H groups in total. The molecular weight excluding hydrogens is 418 g/mol. The highest BCUT2D eigenvalue weighted by Crippen LogP contribution is 2.31. The maximum absolute atomic E-state index is 14.7. The number of rotatable bonds is 4. The molecule has 4 aromatic rings. The molecule has 2 amide bonds. The van der Waals surface area contributed by atoms with Crippen LogP contribution in [-0.4, -0.2) is 27.6 Å². The average molecular weight is 432 g/mol. The highest BCUT2D eigenvalue weighted by Gasteiger charge is 2.26. The normalized spacial score (nSPS) is 12.6. The second kappa shape index (κ2) is 7.09. The summed E-state index contributed by atoms with van der Waals surface area (Å²) in [6, 6.07) is 8.83. The molecule has 2 aromatic heterocycles. The van der Waals surface area contributed by atoms with Gasteiger partial charge in [0.15, 0.2) is 0 Å². The Labute approximate surface area is 179 Å². The van der Waals surface area contributed by atoms with Gasteiger partial charge in [-0.15, -0.1) is 0 Å². The SMILES string of the molecule is NC(=O)c1ccc(F)c(C(=O)c2c[nH]c3ncc(-c4ccc5c(c4)CC(=O)N5)cc23)c1F. The van der Waals surface area contributed by atoms with Crippen LogP contribution in [0.1, 0.15) is 31.8 Å². The topological polar surface area (TPSA) is 118 Å². The zero-order valence-corrected chi connectivity index (χ0v) is 16.3. The van der Waals surface area contributed by atoms with Crippen molar-refractivity contribution >= 4 is 34.3 Å². The molecule has 0 aliphatic carbocycles. The number of ketones is 1. The third kappa shape index (κ3) is 3.02. The standard InChI is InChI=1S/C23H14F2N4O3/c24-16-3-2-13(22(26)32)20(25)19(16)21(31)15-9-28-23-14(15)6-12(8-27-23)10-1-4-17-11(5-10)7-18(30)29-17/h1-6,8-9H,7H2,(H2,26,32)(H,27,28)(H,29,30). The van der Waals surface area contributed by atoms with Crippen LogP contribution in [0.3, 0.4) is 0 Å². The van der Waals surface area contributed by atoms with Crippen molar-refractivity contribution in [2.45, 2.75) is 6.42 Å². The minimum Gasteiger partial charge on any atom is -0.366 e. The fourth-order valence-corrected chi connectivity index (χ4v) is 3.84. The maximum atomic E-state index is 14.7. The number of halogens is 2. The lowest BCUT2D eigenvalue weighted by Gasteiger charge is -2.08. The lowest BCUT2D eigenvalue weighted by molar-refractivity contribution is -0.115. The number of hydrogen-bond acceptors (Lipinski definition) is 4. The van der Waals surface area contributed by atoms with E-state index < -0.39 is 34.5 Å². The van der Waals surface area contributed by atoms with Gasteiger partial charge in [0.2, 0.25) is 11.7 Å². The molecule has 9 heteroatoms. The molecular formula is C23H14F2N4O3. The molecule has 0 saturated carbocycles. The van der Waals surface area contributed by atoms with E-state index in [1.807, 2.05) is 6.07 Å². The van der Waals surface area contributed by atoms with Crippen molar-refractivity contribution in [3.05, 3.63) is 82.7 Å². The van der Waals surface area contributed by atoms with Crippen molar-refractivity contribution in [1.29, 1.82) is 0 Å². The molecule has 7 nitrogen and oxygen atoms in total. The molecule has 0 saturated heterocycles. The molecule has 0 radical (unpaired) electrons. The molecule has 32 heavy (non-hydrogen) atoms. The summed E-state index contributed by atoms with van der Waals surface area (Å²) in [5.74, 6) is -4.56. The van der Waals surface area contributed by atoms with Crippen LogP contribution >= 0.6 is 0 Å². The number of primary amides is 1. The van der Waals surface area contributed by atoms with Gasteiger partial charge in [-0.25, -0.2) is 13.8 Å². The molecule has 1 aliphatic rings. The minimum absolute atomic E-state index is 0.00762. The molecule has 2 aromatic carbocycles. The lowest BCUT2D eigenvalue weighted by Crippen LogP contribution is -2.17. The van der Waals surface area contributed by atoms with Crippen molar-refractivity contribution in [1.82, 2.24) is 9.97 Å². The van der Waals surface area contributed by atoms with E-state index >= 15 is 0 Å². The number of nitrogens with one attached hydrogen (secondary N) is 2. The number of nitrogens with two attached hydrogens (primary N) is 1. The average Bonchev–Trinajstić information content (AvgIpc) is 3.34. The molecule has 5 rings (SSSR count). The van der Waals surface area contributed by atoms with E-state index in [9.17, 15) is 23.2 Å². The van der Waals surface area contributed by atoms with E-state index in [0.717, 1.165) is 28.9 Å². The van der Waals surface area contributed by atoms with Gasteiger partial charge in [-0.3, -0.25) is 14.4 Å². The number of aromatic nitrogens is 2. The van der Waals surface area contributed by atoms with E-state index in [-0.39, 0.29) is 17.9 Å². The summed E-state index contributed by atoms with van der Waals surface area (Å²) in [6.07, 6.45) is 3.17. The zero-order chi connectivity index (χ0) is 22.6. The summed E-state index contributed by atoms with van der Waals surface area (Å²) in [4.78, 5) is 43.2. The number of benzene rings is 2. The van der Waals surface area contributed by atoms with Crippen molar-refractivity contribution in [3.63, 3.8) is 0 Å². The quantitative estimate of drug-likeness (QED) is 0.429. The smallest absolute Gasteiger partial charge is 0.251 e. The number of H-pyrrole nitrogens is 1. The lowest BCUT2D eigenvalue weighted by atomic mass is 9.98. The first-order valence-electron chi connectivity index (χ1n) is 9.56. The summed E-state index contributed by atoms with van der Waals surface area (Å²) in [6.45, 7) is 0. The van der Waals surface area contributed by atoms with Crippen molar-refractivity contribution in [2.75, 3.05) is 5.32 Å². The van der Waals surface area contributed by atoms with Crippen LogP contribution in [-0.2, 0) is 11.2 Å². The van der Waals surface area contributed by atoms with Gasteiger partial charge in [0.1, 0.15) is 17.3 Å². The summed E-state index contributed by atoms with van der Waals surface area (Å²) >= 11 is 0. The Morgan fingerprint density at radius 2 is 1.84 bits per heavy atom. The van der Waals surface area contributed by atoms with Gasteiger partial charge < -0.3 is 16.0 Å². The Kier molecular flexibility index (Phi) is 4.33. The van der Waals surface area contributed by atoms with Crippen molar-refractivity contribution in [3.8, 4) is 11.1 Å². The van der Waals surface area contributed by atoms with Crippen molar-refractivity contribution in [2.24, 2.45) is 5.73 Å². The number of anilines is 1. The number of carbonyl (C=O) groups excluding carboxylic acids is 3. The van der Waals surface area contributed by atoms with Gasteiger partial charge >= 0.3 is 0 Å². The molecule has 3 heterocycles. The largest absolute Gasteiger partial charge is 0.366 e. The molecule has 0 atom stereocenters. The van der Waals surface area contributed by atoms with Crippen LogP contribution < -0.4 is 11.1 Å². The highest BCUT2D eigenvalue weighted by atomic mass is 19.1. The van der Waals surface area contributed by atoms with Crippen LogP contribution in [0.25, 0.3) is 22.2 Å². The first kappa shape index (κ1) is 19.6. The Morgan fingerprint density at radius 3 is 2.62 bits per heavy atom. The number of carbonyl (C=O) groups is 3. The molecule has 0 bridgehead atoms. The second-order valence-electron chi connectivity index (χ2n) is 7.40. The fraction of sp³-hybridized carbons (Fsp3) is 0.0435. The van der Waals surface area contributed by atoms with Crippen molar-refractivity contribution < 1.29 is 23.2 Å². The second-order valence-corrected chi connectivity index (χ2v) is 7.40. The predicted octanol–water partition coefficient (Wildman–Crippen LogP) is 3.33. The van der Waals surface area contributed by atoms with E-state index in [2.05, 4.69) is 15.3 Å². The summed E-state index contributed by atoms with van der Waals surface area (Å²) in [5, 5.41) is 3.11. The third-order valence-electron chi connectivity index (χ3n) is 5.42. The Hall–Kier alpha value is -4.40. The summed E-state index contributed by atoms with van der Waals surface area (Å²) in [7, 11) is 0. The van der Waals surface area contributed by atoms with Gasteiger partial charge in [-0.05, 0) is 41.5 Å². The number of hydrogen-bond donors (Lipinski definition) is 3. The summed E-state index contributed by atoms with van der Waals surface area (Å²) < 4.78 is 29.1. The van der Waals surface area contributed by atoms with Crippen LogP contribution in [0.5, 0.6) is 0 Å². The maximum Gasteiger partial charge on any atom is 0.251 e. The zero-order valence-electron chi connectivity index (χ0n) is 16.3. The molecule has 0 spiro atoms. The Balaban J connectivity index is 1.61. The van der Waals surface area contributed by atoms with Gasteiger partial charge in [0, 0.05) is 34.6 Å². The van der Waals surface area contributed by atoms with Crippen LogP contribution in [0.4, 0.5) is 14.5 Å². The van der Waals surface area contributed by atoms with E-state index in [1.165, 1.54) is 6.20 Å². The number of fused-ring (bicyclic) bond motifs is 2. The van der Waals surface area contributed by atoms with Gasteiger partial charge in [0.05, 0.1) is 17.5 Å². The Morgan fingerprint density at radius 1 is 1.03 bits per heavy atom. The van der Waals surface area contributed by atoms with Gasteiger partial charge in [0.25, 0.3) is 5.91 Å².